The molecule has 0 saturated heterocycles. The summed E-state index contributed by atoms with van der Waals surface area (Å²) in [5, 5.41) is 5.03. The van der Waals surface area contributed by atoms with E-state index in [1.165, 1.54) is 4.68 Å². The van der Waals surface area contributed by atoms with Crippen LogP contribution in [0, 0.1) is 3.57 Å². The van der Waals surface area contributed by atoms with Crippen molar-refractivity contribution in [3.8, 4) is 17.2 Å². The Labute approximate surface area is 224 Å². The highest BCUT2D eigenvalue weighted by Gasteiger charge is 2.14. The van der Waals surface area contributed by atoms with Crippen LogP contribution in [0.5, 0.6) is 17.2 Å². The Morgan fingerprint density at radius 3 is 2.83 bits per heavy atom. The molecule has 3 aromatic carbocycles. The zero-order valence-corrected chi connectivity index (χ0v) is 22.6. The number of aromatic nitrogens is 2. The second-order valence-electron chi connectivity index (χ2n) is 7.97. The molecule has 0 bridgehead atoms. The monoisotopic (exact) mass is 645 g/mol. The molecule has 4 aromatic rings. The molecule has 9 heteroatoms. The molecule has 1 aliphatic heterocycles. The van der Waals surface area contributed by atoms with Gasteiger partial charge >= 0.3 is 0 Å². The van der Waals surface area contributed by atoms with Crippen LogP contribution < -0.4 is 19.8 Å². The van der Waals surface area contributed by atoms with Crippen LogP contribution in [-0.2, 0) is 13.0 Å². The number of hydrogen-bond acceptors (Lipinski definition) is 6. The van der Waals surface area contributed by atoms with Crippen LogP contribution in [0.4, 0.5) is 0 Å². The quantitative estimate of drug-likeness (QED) is 0.185. The first-order valence-corrected chi connectivity index (χ1v) is 13.0. The minimum Gasteiger partial charge on any atom is -0.488 e. The molecule has 0 atom stereocenters. The molecule has 5 rings (SSSR count). The third kappa shape index (κ3) is 5.20. The fourth-order valence-corrected chi connectivity index (χ4v) is 4.79. The minimum atomic E-state index is -0.186. The summed E-state index contributed by atoms with van der Waals surface area (Å²) < 4.78 is 20.0. The lowest BCUT2D eigenvalue weighted by Gasteiger charge is -2.10. The number of nitrogens with zero attached hydrogens (tertiary/aromatic N) is 3. The number of halogens is 2. The molecule has 0 spiro atoms. The summed E-state index contributed by atoms with van der Waals surface area (Å²) in [5.41, 5.74) is 2.34. The lowest BCUT2D eigenvalue weighted by molar-refractivity contribution is 0.174. The standard InChI is InChI=1S/C26H21BrIN3O4/c1-2-3-25-30-21-7-6-18(27)12-19(21)26(32)31(25)29-13-16-4-8-22(20(28)10-16)33-14-17-5-9-23-24(11-17)35-15-34-23/h4-13H,2-3,14-15H2,1H3. The lowest BCUT2D eigenvalue weighted by Crippen LogP contribution is -2.22. The Balaban J connectivity index is 1.36. The van der Waals surface area contributed by atoms with Crippen LogP contribution in [0.3, 0.4) is 0 Å². The van der Waals surface area contributed by atoms with E-state index in [4.69, 9.17) is 14.2 Å². The average Bonchev–Trinajstić information content (AvgIpc) is 3.32. The number of aryl methyl sites for hydroxylation is 1. The van der Waals surface area contributed by atoms with Crippen molar-refractivity contribution in [2.75, 3.05) is 6.79 Å². The molecule has 178 valence electrons. The van der Waals surface area contributed by atoms with Crippen molar-refractivity contribution >= 4 is 55.6 Å². The zero-order chi connectivity index (χ0) is 24.4. The molecule has 1 aliphatic rings. The highest BCUT2D eigenvalue weighted by atomic mass is 127. The van der Waals surface area contributed by atoms with Crippen molar-refractivity contribution in [3.63, 3.8) is 0 Å². The molecule has 0 radical (unpaired) electrons. The summed E-state index contributed by atoms with van der Waals surface area (Å²) in [6.45, 7) is 2.71. The molecular formula is C26H21BrIN3O4. The van der Waals surface area contributed by atoms with Crippen molar-refractivity contribution in [1.29, 1.82) is 0 Å². The molecule has 0 amide bonds. The van der Waals surface area contributed by atoms with Gasteiger partial charge in [0, 0.05) is 10.9 Å². The maximum atomic E-state index is 13.2. The third-order valence-electron chi connectivity index (χ3n) is 5.46. The summed E-state index contributed by atoms with van der Waals surface area (Å²) in [6.07, 6.45) is 3.19. The minimum absolute atomic E-state index is 0.186. The first kappa shape index (κ1) is 23.8. The summed E-state index contributed by atoms with van der Waals surface area (Å²) in [7, 11) is 0. The first-order valence-electron chi connectivity index (χ1n) is 11.1. The van der Waals surface area contributed by atoms with E-state index in [1.807, 2.05) is 48.5 Å². The van der Waals surface area contributed by atoms with Crippen molar-refractivity contribution in [1.82, 2.24) is 9.66 Å². The highest BCUT2D eigenvalue weighted by molar-refractivity contribution is 14.1. The predicted molar refractivity (Wildman–Crippen MR) is 147 cm³/mol. The fourth-order valence-electron chi connectivity index (χ4n) is 3.73. The summed E-state index contributed by atoms with van der Waals surface area (Å²) in [4.78, 5) is 17.8. The summed E-state index contributed by atoms with van der Waals surface area (Å²) in [5.74, 6) is 2.89. The van der Waals surface area contributed by atoms with E-state index < -0.39 is 0 Å². The van der Waals surface area contributed by atoms with Gasteiger partial charge in [-0.15, -0.1) is 0 Å². The summed E-state index contributed by atoms with van der Waals surface area (Å²) >= 11 is 5.67. The molecule has 0 aliphatic carbocycles. The van der Waals surface area contributed by atoms with E-state index in [0.29, 0.717) is 29.8 Å². The van der Waals surface area contributed by atoms with Crippen LogP contribution in [0.1, 0.15) is 30.3 Å². The normalized spacial score (nSPS) is 12.5. The summed E-state index contributed by atoms with van der Waals surface area (Å²) in [6, 6.07) is 17.1. The molecule has 0 unspecified atom stereocenters. The van der Waals surface area contributed by atoms with Gasteiger partial charge in [0.25, 0.3) is 5.56 Å². The van der Waals surface area contributed by atoms with Gasteiger partial charge in [0.1, 0.15) is 18.2 Å². The Kier molecular flexibility index (Phi) is 7.05. The van der Waals surface area contributed by atoms with Gasteiger partial charge in [0.15, 0.2) is 11.5 Å². The largest absolute Gasteiger partial charge is 0.488 e. The smallest absolute Gasteiger partial charge is 0.282 e. The van der Waals surface area contributed by atoms with E-state index in [2.05, 4.69) is 55.5 Å². The molecular weight excluding hydrogens is 625 g/mol. The van der Waals surface area contributed by atoms with E-state index >= 15 is 0 Å². The van der Waals surface area contributed by atoms with Crippen LogP contribution in [0.2, 0.25) is 0 Å². The SMILES string of the molecule is CCCc1nc2ccc(Br)cc2c(=O)n1N=Cc1ccc(OCc2ccc3c(c2)OCO3)c(I)c1. The molecule has 1 aromatic heterocycles. The number of fused-ring (bicyclic) bond motifs is 2. The van der Waals surface area contributed by atoms with Gasteiger partial charge < -0.3 is 14.2 Å². The molecule has 0 saturated carbocycles. The second-order valence-corrected chi connectivity index (χ2v) is 10.0. The van der Waals surface area contributed by atoms with E-state index in [1.54, 1.807) is 12.3 Å². The highest BCUT2D eigenvalue weighted by Crippen LogP contribution is 2.33. The van der Waals surface area contributed by atoms with Crippen molar-refractivity contribution in [2.24, 2.45) is 5.10 Å². The lowest BCUT2D eigenvalue weighted by atomic mass is 10.2. The molecule has 0 N–H and O–H groups in total. The van der Waals surface area contributed by atoms with Crippen LogP contribution >= 0.6 is 38.5 Å². The van der Waals surface area contributed by atoms with Crippen LogP contribution in [0.15, 0.2) is 69.0 Å². The van der Waals surface area contributed by atoms with Gasteiger partial charge in [-0.3, -0.25) is 4.79 Å². The van der Waals surface area contributed by atoms with Crippen LogP contribution in [-0.4, -0.2) is 22.7 Å². The zero-order valence-electron chi connectivity index (χ0n) is 18.8. The number of rotatable bonds is 7. The van der Waals surface area contributed by atoms with Gasteiger partial charge in [-0.2, -0.15) is 9.78 Å². The van der Waals surface area contributed by atoms with Gasteiger partial charge in [-0.25, -0.2) is 4.98 Å². The number of ether oxygens (including phenoxy) is 3. The Hall–Kier alpha value is -2.92. The molecule has 2 heterocycles. The Bertz CT molecular complexity index is 1500. The van der Waals surface area contributed by atoms with Crippen molar-refractivity contribution < 1.29 is 14.2 Å². The van der Waals surface area contributed by atoms with Gasteiger partial charge in [0.05, 0.1) is 20.7 Å². The molecule has 7 nitrogen and oxygen atoms in total. The predicted octanol–water partition coefficient (Wildman–Crippen LogP) is 5.91. The van der Waals surface area contributed by atoms with E-state index in [0.717, 1.165) is 42.8 Å². The second kappa shape index (κ2) is 10.4. The topological polar surface area (TPSA) is 74.9 Å². The number of benzene rings is 3. The Morgan fingerprint density at radius 2 is 2.00 bits per heavy atom. The van der Waals surface area contributed by atoms with Crippen LogP contribution in [0.25, 0.3) is 10.9 Å². The average molecular weight is 646 g/mol. The third-order valence-corrected chi connectivity index (χ3v) is 6.79. The van der Waals surface area contributed by atoms with Gasteiger partial charge in [-0.05, 0) is 88.7 Å². The van der Waals surface area contributed by atoms with Gasteiger partial charge in [0.2, 0.25) is 6.79 Å². The maximum Gasteiger partial charge on any atom is 0.282 e. The molecule has 35 heavy (non-hydrogen) atoms. The maximum absolute atomic E-state index is 13.2. The van der Waals surface area contributed by atoms with Gasteiger partial charge in [-0.1, -0.05) is 28.9 Å². The van der Waals surface area contributed by atoms with E-state index in [-0.39, 0.29) is 12.4 Å². The van der Waals surface area contributed by atoms with Crippen molar-refractivity contribution in [3.05, 3.63) is 89.9 Å². The number of hydrogen-bond donors (Lipinski definition) is 0. The Morgan fingerprint density at radius 1 is 1.14 bits per heavy atom. The molecule has 0 fully saturated rings. The fraction of sp³-hybridized carbons (Fsp3) is 0.192. The van der Waals surface area contributed by atoms with E-state index in [9.17, 15) is 4.79 Å². The van der Waals surface area contributed by atoms with Crippen molar-refractivity contribution in [2.45, 2.75) is 26.4 Å². The first-order chi connectivity index (χ1) is 17.0.